The number of ether oxygens (including phenoxy) is 4. The van der Waals surface area contributed by atoms with Crippen LogP contribution in [0.25, 0.3) is 0 Å². The van der Waals surface area contributed by atoms with Gasteiger partial charge in [0.25, 0.3) is 0 Å². The largest absolute Gasteiger partial charge is 0.472 e. The quantitative estimate of drug-likeness (QED) is 0.652. The predicted molar refractivity (Wildman–Crippen MR) is 111 cm³/mol. The van der Waals surface area contributed by atoms with E-state index in [0.29, 0.717) is 19.3 Å². The Morgan fingerprint density at radius 3 is 2.70 bits per heavy atom. The van der Waals surface area contributed by atoms with E-state index in [0.717, 1.165) is 12.0 Å². The Kier molecular flexibility index (Phi) is 3.59. The summed E-state index contributed by atoms with van der Waals surface area (Å²) >= 11 is 0. The lowest BCUT2D eigenvalue weighted by atomic mass is 9.65. The molecule has 3 saturated heterocycles. The molecule has 5 fully saturated rings. The number of carbonyl (C=O) groups is 1. The molecule has 7 rings (SSSR count). The second-order valence-electron chi connectivity index (χ2n) is 11.8. The van der Waals surface area contributed by atoms with Crippen molar-refractivity contribution in [3.8, 4) is 0 Å². The summed E-state index contributed by atoms with van der Waals surface area (Å²) < 4.78 is 30.2. The van der Waals surface area contributed by atoms with Gasteiger partial charge in [-0.25, -0.2) is 4.79 Å². The molecule has 0 amide bonds. The van der Waals surface area contributed by atoms with Gasteiger partial charge in [0.15, 0.2) is 12.1 Å². The highest BCUT2D eigenvalue weighted by molar-refractivity contribution is 5.85. The van der Waals surface area contributed by atoms with E-state index in [2.05, 4.69) is 0 Å². The summed E-state index contributed by atoms with van der Waals surface area (Å²) in [5.74, 6) is -1.52. The van der Waals surface area contributed by atoms with E-state index in [1.165, 1.54) is 6.08 Å². The molecule has 8 nitrogen and oxygen atoms in total. The number of cyclic esters (lactones) is 1. The van der Waals surface area contributed by atoms with Crippen LogP contribution in [0.2, 0.25) is 0 Å². The third kappa shape index (κ3) is 2.23. The topological polar surface area (TPSA) is 108 Å². The molecule has 2 N–H and O–H groups in total. The van der Waals surface area contributed by atoms with Gasteiger partial charge >= 0.3 is 5.97 Å². The highest BCUT2D eigenvalue weighted by Gasteiger charge is 2.91. The van der Waals surface area contributed by atoms with Crippen LogP contribution in [0.4, 0.5) is 0 Å². The maximum absolute atomic E-state index is 12.2. The lowest BCUT2D eigenvalue weighted by Gasteiger charge is -2.42. The van der Waals surface area contributed by atoms with Crippen molar-refractivity contribution in [2.24, 2.45) is 16.7 Å². The first-order valence-corrected chi connectivity index (χ1v) is 11.9. The van der Waals surface area contributed by atoms with E-state index < -0.39 is 40.4 Å². The Labute approximate surface area is 191 Å². The van der Waals surface area contributed by atoms with Crippen molar-refractivity contribution in [3.05, 3.63) is 36.3 Å². The lowest BCUT2D eigenvalue weighted by molar-refractivity contribution is -0.241. The van der Waals surface area contributed by atoms with E-state index in [1.807, 2.05) is 26.8 Å². The van der Waals surface area contributed by atoms with E-state index >= 15 is 0 Å². The molecule has 0 radical (unpaired) electrons. The standard InChI is InChI=1S/C25H30O8/c1-20(2)15(21(3)7-5-17(26)32-21)10-23(33-20)13-25(28)16(31-23)4-8-22-12-24(22,25)19(27)30-18(22)14-6-9-29-11-14/h5-7,9,11,15-16,18-19,27-28H,4,8,10,12-13H2,1-3H3/t15-,16-,18-,19+,21+,22-,23-,24-,25-/m1/s1. The molecule has 2 aliphatic carbocycles. The molecule has 1 aromatic heterocycles. The SMILES string of the molecule is CC1(C)O[C@]2(C[C@H]1[C@]1(C)C=CC(=O)O1)C[C@@]1(O)[C@@H](CC[C@]34C[C@@]31[C@@H](O)O[C@@H]4c1ccoc1)O2. The number of fused-ring (bicyclic) bond motifs is 1. The van der Waals surface area contributed by atoms with Crippen molar-refractivity contribution in [3.63, 3.8) is 0 Å². The molecule has 9 atom stereocenters. The van der Waals surface area contributed by atoms with Crippen LogP contribution in [0, 0.1) is 16.7 Å². The fourth-order valence-corrected chi connectivity index (χ4v) is 8.53. The Balaban J connectivity index is 1.23. The molecule has 8 heteroatoms. The molecule has 5 heterocycles. The van der Waals surface area contributed by atoms with Gasteiger partial charge in [-0.05, 0) is 52.2 Å². The molecule has 178 valence electrons. The Bertz CT molecular complexity index is 1060. The van der Waals surface area contributed by atoms with Crippen LogP contribution in [0.1, 0.15) is 64.5 Å². The number of aliphatic hydroxyl groups excluding tert-OH is 1. The van der Waals surface area contributed by atoms with E-state index in [-0.39, 0.29) is 29.8 Å². The summed E-state index contributed by atoms with van der Waals surface area (Å²) in [5, 5.41) is 23.4. The minimum atomic E-state index is -1.28. The van der Waals surface area contributed by atoms with Crippen LogP contribution >= 0.6 is 0 Å². The average molecular weight is 459 g/mol. The molecule has 0 aromatic carbocycles. The first kappa shape index (κ1) is 20.6. The van der Waals surface area contributed by atoms with Gasteiger partial charge in [0, 0.05) is 35.8 Å². The predicted octanol–water partition coefficient (Wildman–Crippen LogP) is 2.74. The molecule has 6 aliphatic rings. The minimum absolute atomic E-state index is 0.152. The van der Waals surface area contributed by atoms with Crippen LogP contribution in [0.15, 0.2) is 35.2 Å². The zero-order valence-electron chi connectivity index (χ0n) is 19.1. The van der Waals surface area contributed by atoms with E-state index in [1.54, 1.807) is 18.6 Å². The maximum Gasteiger partial charge on any atom is 0.331 e. The fraction of sp³-hybridized carbons (Fsp3) is 0.720. The zero-order chi connectivity index (χ0) is 23.1. The number of furan rings is 1. The molecule has 0 bridgehead atoms. The van der Waals surface area contributed by atoms with Crippen LogP contribution in [0.3, 0.4) is 0 Å². The van der Waals surface area contributed by atoms with Gasteiger partial charge in [-0.3, -0.25) is 0 Å². The van der Waals surface area contributed by atoms with Crippen LogP contribution < -0.4 is 0 Å². The third-order valence-electron chi connectivity index (χ3n) is 9.81. The van der Waals surface area contributed by atoms with Gasteiger partial charge in [-0.15, -0.1) is 0 Å². The summed E-state index contributed by atoms with van der Waals surface area (Å²) in [5.41, 5.74) is -2.98. The van der Waals surface area contributed by atoms with Crippen molar-refractivity contribution in [1.29, 1.82) is 0 Å². The smallest absolute Gasteiger partial charge is 0.331 e. The van der Waals surface area contributed by atoms with Gasteiger partial charge in [0.05, 0.1) is 35.8 Å². The second kappa shape index (κ2) is 5.74. The van der Waals surface area contributed by atoms with E-state index in [4.69, 9.17) is 23.4 Å². The first-order valence-electron chi connectivity index (χ1n) is 11.9. The molecule has 33 heavy (non-hydrogen) atoms. The summed E-state index contributed by atoms with van der Waals surface area (Å²) in [6.07, 6.45) is 7.52. The van der Waals surface area contributed by atoms with Crippen molar-refractivity contribution in [2.45, 2.75) is 94.0 Å². The van der Waals surface area contributed by atoms with Crippen LogP contribution in [-0.4, -0.2) is 51.2 Å². The van der Waals surface area contributed by atoms with Crippen molar-refractivity contribution in [1.82, 2.24) is 0 Å². The normalized spacial score (nSPS) is 55.5. The molecule has 2 saturated carbocycles. The number of carbonyl (C=O) groups excluding carboxylic acids is 1. The fourth-order valence-electron chi connectivity index (χ4n) is 8.53. The van der Waals surface area contributed by atoms with Crippen molar-refractivity contribution < 1.29 is 38.4 Å². The van der Waals surface area contributed by atoms with Crippen LogP contribution in [0.5, 0.6) is 0 Å². The monoisotopic (exact) mass is 458 g/mol. The van der Waals surface area contributed by atoms with E-state index in [9.17, 15) is 15.0 Å². The Hall–Kier alpha value is -1.71. The highest BCUT2D eigenvalue weighted by Crippen LogP contribution is 2.86. The lowest BCUT2D eigenvalue weighted by Crippen LogP contribution is -2.55. The Morgan fingerprint density at radius 1 is 1.18 bits per heavy atom. The third-order valence-corrected chi connectivity index (χ3v) is 9.81. The summed E-state index contributed by atoms with van der Waals surface area (Å²) in [7, 11) is 0. The number of aliphatic hydroxyl groups is 2. The van der Waals surface area contributed by atoms with Gasteiger partial charge in [-0.1, -0.05) is 0 Å². The number of hydrogen-bond acceptors (Lipinski definition) is 8. The number of rotatable bonds is 2. The van der Waals surface area contributed by atoms with Gasteiger partial charge < -0.3 is 33.6 Å². The molecule has 1 aromatic rings. The van der Waals surface area contributed by atoms with Gasteiger partial charge in [0.1, 0.15) is 11.2 Å². The minimum Gasteiger partial charge on any atom is -0.472 e. The van der Waals surface area contributed by atoms with Crippen molar-refractivity contribution in [2.75, 3.05) is 0 Å². The number of esters is 1. The second-order valence-corrected chi connectivity index (χ2v) is 11.8. The maximum atomic E-state index is 12.2. The van der Waals surface area contributed by atoms with Gasteiger partial charge in [-0.2, -0.15) is 0 Å². The number of hydrogen-bond donors (Lipinski definition) is 2. The highest BCUT2D eigenvalue weighted by atomic mass is 16.7. The van der Waals surface area contributed by atoms with Crippen molar-refractivity contribution >= 4 is 5.97 Å². The zero-order valence-corrected chi connectivity index (χ0v) is 19.1. The summed E-state index contributed by atoms with van der Waals surface area (Å²) in [6.45, 7) is 5.86. The molecule has 0 unspecified atom stereocenters. The molecule has 4 aliphatic heterocycles. The average Bonchev–Trinajstić information content (AvgIpc) is 3.20. The Morgan fingerprint density at radius 2 is 2.00 bits per heavy atom. The van der Waals surface area contributed by atoms with Gasteiger partial charge in [0.2, 0.25) is 0 Å². The molecular weight excluding hydrogens is 428 g/mol. The first-order chi connectivity index (χ1) is 15.5. The van der Waals surface area contributed by atoms with Crippen LogP contribution in [-0.2, 0) is 23.7 Å². The summed E-state index contributed by atoms with van der Waals surface area (Å²) in [6, 6.07) is 1.87. The molecular formula is C25H30O8. The molecule has 1 spiro atoms. The summed E-state index contributed by atoms with van der Waals surface area (Å²) in [4.78, 5) is 11.9.